The number of carbonyl (C=O) groups excluding carboxylic acids is 1. The first-order valence-corrected chi connectivity index (χ1v) is 7.01. The fourth-order valence-electron chi connectivity index (χ4n) is 4.80. The topological polar surface area (TPSA) is 77.8 Å². The summed E-state index contributed by atoms with van der Waals surface area (Å²) >= 11 is 0. The van der Waals surface area contributed by atoms with Crippen LogP contribution >= 0.6 is 0 Å². The van der Waals surface area contributed by atoms with Crippen molar-refractivity contribution in [1.29, 1.82) is 0 Å². The number of rotatable bonds is 1. The zero-order chi connectivity index (χ0) is 14.2. The minimum Gasteiger partial charge on any atom is -0.396 e. The Balaban J connectivity index is 2.10. The molecule has 106 valence electrons. The minimum atomic E-state index is -0.949. The number of ketones is 1. The number of hydrogen-bond donors (Lipinski definition) is 3. The van der Waals surface area contributed by atoms with Gasteiger partial charge >= 0.3 is 0 Å². The van der Waals surface area contributed by atoms with E-state index in [9.17, 15) is 20.1 Å². The van der Waals surface area contributed by atoms with Crippen LogP contribution in [-0.2, 0) is 4.79 Å². The van der Waals surface area contributed by atoms with Crippen LogP contribution in [0.1, 0.15) is 27.2 Å². The molecular formula is C15H22O4. The molecule has 0 aromatic carbocycles. The van der Waals surface area contributed by atoms with Crippen molar-refractivity contribution in [2.45, 2.75) is 39.4 Å². The third-order valence-electron chi connectivity index (χ3n) is 6.16. The van der Waals surface area contributed by atoms with E-state index in [2.05, 4.69) is 13.8 Å². The van der Waals surface area contributed by atoms with Crippen LogP contribution < -0.4 is 0 Å². The van der Waals surface area contributed by atoms with Crippen molar-refractivity contribution in [1.82, 2.24) is 0 Å². The average molecular weight is 266 g/mol. The van der Waals surface area contributed by atoms with Crippen molar-refractivity contribution in [3.8, 4) is 0 Å². The third kappa shape index (κ3) is 1.37. The fraction of sp³-hybridized carbons (Fsp3) is 0.800. The van der Waals surface area contributed by atoms with Crippen LogP contribution in [0, 0.1) is 28.6 Å². The number of hydrogen-bond acceptors (Lipinski definition) is 4. The van der Waals surface area contributed by atoms with Gasteiger partial charge in [-0.05, 0) is 35.3 Å². The fourth-order valence-corrected chi connectivity index (χ4v) is 4.80. The summed E-state index contributed by atoms with van der Waals surface area (Å²) in [6.07, 6.45) is 0.326. The Bertz CT molecular complexity index is 471. The summed E-state index contributed by atoms with van der Waals surface area (Å²) in [6, 6.07) is 0. The van der Waals surface area contributed by atoms with Gasteiger partial charge in [0.05, 0.1) is 6.10 Å². The highest BCUT2D eigenvalue weighted by Crippen LogP contribution is 2.73. The maximum absolute atomic E-state index is 12.2. The van der Waals surface area contributed by atoms with Crippen LogP contribution in [0.4, 0.5) is 0 Å². The average Bonchev–Trinajstić information content (AvgIpc) is 3.00. The maximum Gasteiger partial charge on any atom is 0.159 e. The van der Waals surface area contributed by atoms with E-state index in [0.717, 1.165) is 0 Å². The van der Waals surface area contributed by atoms with Gasteiger partial charge in [0.15, 0.2) is 5.78 Å². The largest absolute Gasteiger partial charge is 0.396 e. The van der Waals surface area contributed by atoms with Crippen LogP contribution in [0.25, 0.3) is 0 Å². The van der Waals surface area contributed by atoms with Gasteiger partial charge in [0, 0.05) is 17.9 Å². The molecule has 7 atom stereocenters. The minimum absolute atomic E-state index is 0.00382. The van der Waals surface area contributed by atoms with E-state index < -0.39 is 12.2 Å². The molecule has 0 spiro atoms. The van der Waals surface area contributed by atoms with E-state index in [4.69, 9.17) is 0 Å². The summed E-state index contributed by atoms with van der Waals surface area (Å²) < 4.78 is 0. The summed E-state index contributed by atoms with van der Waals surface area (Å²) in [5.74, 6) is 0.131. The Morgan fingerprint density at radius 1 is 1.37 bits per heavy atom. The van der Waals surface area contributed by atoms with Gasteiger partial charge in [-0.3, -0.25) is 4.79 Å². The Morgan fingerprint density at radius 3 is 2.58 bits per heavy atom. The van der Waals surface area contributed by atoms with Crippen molar-refractivity contribution >= 4 is 5.78 Å². The number of fused-ring (bicyclic) bond motifs is 3. The van der Waals surface area contributed by atoms with Crippen molar-refractivity contribution in [2.75, 3.05) is 6.61 Å². The summed E-state index contributed by atoms with van der Waals surface area (Å²) in [5.41, 5.74) is -0.00289. The number of carbonyl (C=O) groups is 1. The van der Waals surface area contributed by atoms with Gasteiger partial charge < -0.3 is 15.3 Å². The van der Waals surface area contributed by atoms with Crippen LogP contribution in [0.2, 0.25) is 0 Å². The molecule has 0 bridgehead atoms. The van der Waals surface area contributed by atoms with E-state index in [1.165, 1.54) is 6.08 Å². The van der Waals surface area contributed by atoms with Gasteiger partial charge in [0.1, 0.15) is 6.10 Å². The lowest BCUT2D eigenvalue weighted by Crippen LogP contribution is -2.49. The molecule has 0 amide bonds. The Labute approximate surface area is 113 Å². The molecule has 4 heteroatoms. The molecule has 0 unspecified atom stereocenters. The van der Waals surface area contributed by atoms with Crippen LogP contribution in [0.3, 0.4) is 0 Å². The van der Waals surface area contributed by atoms with Gasteiger partial charge in [-0.2, -0.15) is 0 Å². The predicted octanol–water partition coefficient (Wildman–Crippen LogP) is 0.508. The highest BCUT2D eigenvalue weighted by molar-refractivity contribution is 5.98. The number of allylic oxidation sites excluding steroid dienone is 1. The molecule has 3 rings (SSSR count). The second-order valence-corrected chi connectivity index (χ2v) is 7.05. The van der Waals surface area contributed by atoms with E-state index >= 15 is 0 Å². The molecule has 2 fully saturated rings. The number of aliphatic hydroxyl groups is 3. The normalized spacial score (nSPS) is 56.2. The third-order valence-corrected chi connectivity index (χ3v) is 6.16. The van der Waals surface area contributed by atoms with Gasteiger partial charge in [0.25, 0.3) is 0 Å². The highest BCUT2D eigenvalue weighted by atomic mass is 16.3. The zero-order valence-electron chi connectivity index (χ0n) is 11.6. The van der Waals surface area contributed by atoms with E-state index in [1.807, 2.05) is 6.92 Å². The van der Waals surface area contributed by atoms with Crippen LogP contribution in [0.15, 0.2) is 11.6 Å². The second kappa shape index (κ2) is 3.68. The molecule has 3 aliphatic rings. The molecule has 0 radical (unpaired) electrons. The summed E-state index contributed by atoms with van der Waals surface area (Å²) in [4.78, 5) is 12.2. The lowest BCUT2D eigenvalue weighted by Gasteiger charge is -2.48. The van der Waals surface area contributed by atoms with Crippen LogP contribution in [0.5, 0.6) is 0 Å². The molecular weight excluding hydrogens is 244 g/mol. The zero-order valence-corrected chi connectivity index (χ0v) is 11.6. The lowest BCUT2D eigenvalue weighted by molar-refractivity contribution is -0.118. The molecule has 2 saturated carbocycles. The van der Waals surface area contributed by atoms with E-state index in [1.54, 1.807) is 0 Å². The first-order chi connectivity index (χ1) is 8.78. The maximum atomic E-state index is 12.2. The lowest BCUT2D eigenvalue weighted by atomic mass is 9.57. The Hall–Kier alpha value is -0.710. The Kier molecular flexibility index (Phi) is 2.58. The first kappa shape index (κ1) is 13.3. The quantitative estimate of drug-likeness (QED) is 0.646. The molecule has 4 nitrogen and oxygen atoms in total. The number of aliphatic hydroxyl groups excluding tert-OH is 3. The van der Waals surface area contributed by atoms with E-state index in [-0.39, 0.29) is 41.0 Å². The van der Waals surface area contributed by atoms with Gasteiger partial charge in [-0.1, -0.05) is 20.8 Å². The monoisotopic (exact) mass is 266 g/mol. The first-order valence-electron chi connectivity index (χ1n) is 7.01. The van der Waals surface area contributed by atoms with Crippen molar-refractivity contribution in [3.05, 3.63) is 11.6 Å². The summed E-state index contributed by atoms with van der Waals surface area (Å²) in [6.45, 7) is 6.08. The molecule has 3 N–H and O–H groups in total. The molecule has 0 saturated heterocycles. The van der Waals surface area contributed by atoms with Gasteiger partial charge in [-0.25, -0.2) is 0 Å². The highest BCUT2D eigenvalue weighted by Gasteiger charge is 2.74. The SMILES string of the molecule is C[C@H]1C[C@@H](O)[C@@H](O)C2=CC(=O)[C@H]3[C@H]([C@@]3(C)CO)[C@@]21C. The van der Waals surface area contributed by atoms with Crippen LogP contribution in [-0.4, -0.2) is 39.9 Å². The molecule has 0 aromatic heterocycles. The van der Waals surface area contributed by atoms with Crippen molar-refractivity contribution in [2.24, 2.45) is 28.6 Å². The predicted molar refractivity (Wildman–Crippen MR) is 69.2 cm³/mol. The smallest absolute Gasteiger partial charge is 0.159 e. The Morgan fingerprint density at radius 2 is 2.00 bits per heavy atom. The summed E-state index contributed by atoms with van der Waals surface area (Å²) in [5, 5.41) is 29.8. The molecule has 0 aliphatic heterocycles. The summed E-state index contributed by atoms with van der Waals surface area (Å²) in [7, 11) is 0. The standard InChI is InChI=1S/C15H22O4/c1-7-4-10(18)12(19)8-5-9(17)11-13(15(7,8)3)14(11,2)6-16/h5,7,10-13,16,18-19H,4,6H2,1-3H3/t7-,10+,11-,12-,13+,14-,15+/m0/s1. The molecule has 19 heavy (non-hydrogen) atoms. The molecule has 0 aromatic rings. The van der Waals surface area contributed by atoms with Crippen molar-refractivity contribution in [3.63, 3.8) is 0 Å². The van der Waals surface area contributed by atoms with Gasteiger partial charge in [0.2, 0.25) is 0 Å². The molecule has 3 aliphatic carbocycles. The van der Waals surface area contributed by atoms with Crippen molar-refractivity contribution < 1.29 is 20.1 Å². The van der Waals surface area contributed by atoms with Gasteiger partial charge in [-0.15, -0.1) is 0 Å². The second-order valence-electron chi connectivity index (χ2n) is 7.05. The van der Waals surface area contributed by atoms with E-state index in [0.29, 0.717) is 12.0 Å². The molecule has 0 heterocycles.